The molecule has 1 heterocycles. The number of hydrogen-bond acceptors (Lipinski definition) is 3. The van der Waals surface area contributed by atoms with E-state index in [9.17, 15) is 13.6 Å². The van der Waals surface area contributed by atoms with E-state index in [4.69, 9.17) is 4.42 Å². The van der Waals surface area contributed by atoms with Gasteiger partial charge in [-0.25, -0.2) is 8.78 Å². The highest BCUT2D eigenvalue weighted by molar-refractivity contribution is 8.00. The van der Waals surface area contributed by atoms with Gasteiger partial charge >= 0.3 is 0 Å². The number of rotatable bonds is 5. The molecule has 0 saturated carbocycles. The highest BCUT2D eigenvalue weighted by atomic mass is 32.2. The van der Waals surface area contributed by atoms with Crippen LogP contribution in [0, 0.1) is 11.6 Å². The molecule has 1 aromatic heterocycles. The Labute approximate surface area is 119 Å². The Balaban J connectivity index is 1.87. The Kier molecular flexibility index (Phi) is 4.79. The van der Waals surface area contributed by atoms with Gasteiger partial charge in [-0.3, -0.25) is 4.79 Å². The number of benzene rings is 1. The van der Waals surface area contributed by atoms with Crippen molar-refractivity contribution in [2.24, 2.45) is 0 Å². The monoisotopic (exact) mass is 297 g/mol. The zero-order valence-electron chi connectivity index (χ0n) is 10.7. The fraction of sp³-hybridized carbons (Fsp3) is 0.214. The van der Waals surface area contributed by atoms with Gasteiger partial charge in [-0.15, -0.1) is 11.8 Å². The molecule has 0 saturated heterocycles. The highest BCUT2D eigenvalue weighted by Crippen LogP contribution is 2.22. The van der Waals surface area contributed by atoms with Crippen LogP contribution in [0.3, 0.4) is 0 Å². The molecule has 1 aromatic carbocycles. The highest BCUT2D eigenvalue weighted by Gasteiger charge is 2.13. The van der Waals surface area contributed by atoms with Crippen molar-refractivity contribution in [2.75, 3.05) is 5.75 Å². The van der Waals surface area contributed by atoms with Crippen molar-refractivity contribution in [2.45, 2.75) is 17.9 Å². The molecular formula is C14H13F2NO2S. The smallest absolute Gasteiger partial charge is 0.230 e. The zero-order chi connectivity index (χ0) is 14.5. The Bertz CT molecular complexity index is 587. The van der Waals surface area contributed by atoms with E-state index in [0.717, 1.165) is 30.0 Å². The minimum Gasteiger partial charge on any atom is -0.467 e. The summed E-state index contributed by atoms with van der Waals surface area (Å²) in [4.78, 5) is 11.8. The molecule has 6 heteroatoms. The fourth-order valence-electron chi connectivity index (χ4n) is 1.62. The average molecular weight is 297 g/mol. The van der Waals surface area contributed by atoms with E-state index in [1.807, 2.05) is 0 Å². The lowest BCUT2D eigenvalue weighted by Gasteiger charge is -2.11. The normalized spacial score (nSPS) is 12.2. The fourth-order valence-corrected chi connectivity index (χ4v) is 2.39. The van der Waals surface area contributed by atoms with Crippen molar-refractivity contribution in [1.29, 1.82) is 0 Å². The van der Waals surface area contributed by atoms with Gasteiger partial charge in [0.1, 0.15) is 17.4 Å². The lowest BCUT2D eigenvalue weighted by molar-refractivity contribution is -0.119. The van der Waals surface area contributed by atoms with Crippen LogP contribution >= 0.6 is 11.8 Å². The van der Waals surface area contributed by atoms with Crippen molar-refractivity contribution >= 4 is 17.7 Å². The number of carbonyl (C=O) groups excluding carboxylic acids is 1. The first-order valence-corrected chi connectivity index (χ1v) is 6.95. The molecule has 0 aliphatic carbocycles. The maximum Gasteiger partial charge on any atom is 0.230 e. The van der Waals surface area contributed by atoms with Crippen LogP contribution in [-0.4, -0.2) is 11.7 Å². The summed E-state index contributed by atoms with van der Waals surface area (Å²) in [5, 5.41) is 2.72. The molecule has 106 valence electrons. The molecule has 0 fully saturated rings. The van der Waals surface area contributed by atoms with Crippen molar-refractivity contribution in [3.63, 3.8) is 0 Å². The third-order valence-electron chi connectivity index (χ3n) is 2.60. The molecule has 3 nitrogen and oxygen atoms in total. The lowest BCUT2D eigenvalue weighted by Crippen LogP contribution is -2.27. The zero-order valence-corrected chi connectivity index (χ0v) is 11.5. The van der Waals surface area contributed by atoms with Crippen molar-refractivity contribution in [3.05, 3.63) is 54.0 Å². The summed E-state index contributed by atoms with van der Waals surface area (Å²) in [6.07, 6.45) is 1.52. The van der Waals surface area contributed by atoms with Crippen LogP contribution in [0.5, 0.6) is 0 Å². The average Bonchev–Trinajstić information content (AvgIpc) is 2.94. The van der Waals surface area contributed by atoms with Crippen molar-refractivity contribution in [3.8, 4) is 0 Å². The van der Waals surface area contributed by atoms with Gasteiger partial charge < -0.3 is 9.73 Å². The predicted octanol–water partition coefficient (Wildman–Crippen LogP) is 3.53. The Morgan fingerprint density at radius 2 is 2.20 bits per heavy atom. The maximum atomic E-state index is 13.4. The molecule has 0 spiro atoms. The molecule has 0 aliphatic rings. The Hall–Kier alpha value is -1.82. The third-order valence-corrected chi connectivity index (χ3v) is 3.63. The van der Waals surface area contributed by atoms with Gasteiger partial charge in [-0.05, 0) is 37.3 Å². The Morgan fingerprint density at radius 1 is 1.40 bits per heavy atom. The summed E-state index contributed by atoms with van der Waals surface area (Å²) in [6.45, 7) is 1.78. The molecule has 2 aromatic rings. The summed E-state index contributed by atoms with van der Waals surface area (Å²) in [5.41, 5.74) is 0. The second-order valence-electron chi connectivity index (χ2n) is 4.17. The standard InChI is InChI=1S/C14H13F2NO2S/c1-9(12-3-2-6-19-12)17-14(18)8-20-13-7-10(15)4-5-11(13)16/h2-7,9H,8H2,1H3,(H,17,18)/t9-/m0/s1. The molecule has 2 rings (SSSR count). The van der Waals surface area contributed by atoms with Crippen LogP contribution in [0.25, 0.3) is 0 Å². The van der Waals surface area contributed by atoms with Crippen LogP contribution in [0.1, 0.15) is 18.7 Å². The largest absolute Gasteiger partial charge is 0.467 e. The van der Waals surface area contributed by atoms with Crippen molar-refractivity contribution in [1.82, 2.24) is 5.32 Å². The quantitative estimate of drug-likeness (QED) is 0.859. The molecule has 20 heavy (non-hydrogen) atoms. The van der Waals surface area contributed by atoms with E-state index in [2.05, 4.69) is 5.32 Å². The molecule has 0 aliphatic heterocycles. The van der Waals surface area contributed by atoms with Gasteiger partial charge in [0, 0.05) is 4.90 Å². The first kappa shape index (κ1) is 14.6. The van der Waals surface area contributed by atoms with E-state index < -0.39 is 11.6 Å². The second kappa shape index (κ2) is 6.56. The molecule has 0 unspecified atom stereocenters. The van der Waals surface area contributed by atoms with Crippen LogP contribution in [0.2, 0.25) is 0 Å². The van der Waals surface area contributed by atoms with Gasteiger partial charge in [0.25, 0.3) is 0 Å². The predicted molar refractivity (Wildman–Crippen MR) is 72.3 cm³/mol. The number of nitrogens with one attached hydrogen (secondary N) is 1. The van der Waals surface area contributed by atoms with Gasteiger partial charge in [0.2, 0.25) is 5.91 Å². The summed E-state index contributed by atoms with van der Waals surface area (Å²) >= 11 is 0.951. The third kappa shape index (κ3) is 3.84. The number of furan rings is 1. The van der Waals surface area contributed by atoms with E-state index in [0.29, 0.717) is 5.76 Å². The number of amides is 1. The van der Waals surface area contributed by atoms with Crippen LogP contribution < -0.4 is 5.32 Å². The number of halogens is 2. The van der Waals surface area contributed by atoms with E-state index in [1.165, 1.54) is 6.26 Å². The van der Waals surface area contributed by atoms with Crippen LogP contribution in [0.15, 0.2) is 45.9 Å². The number of hydrogen-bond donors (Lipinski definition) is 1. The van der Waals surface area contributed by atoms with Gasteiger partial charge in [0.15, 0.2) is 0 Å². The molecule has 1 N–H and O–H groups in total. The first-order chi connectivity index (χ1) is 9.56. The summed E-state index contributed by atoms with van der Waals surface area (Å²) in [7, 11) is 0. The number of carbonyl (C=O) groups is 1. The van der Waals surface area contributed by atoms with Gasteiger partial charge in [-0.1, -0.05) is 0 Å². The SMILES string of the molecule is C[C@H](NC(=O)CSc1cc(F)ccc1F)c1ccco1. The summed E-state index contributed by atoms with van der Waals surface area (Å²) < 4.78 is 31.5. The topological polar surface area (TPSA) is 42.2 Å². The summed E-state index contributed by atoms with van der Waals surface area (Å²) in [5.74, 6) is -0.699. The first-order valence-electron chi connectivity index (χ1n) is 5.97. The molecule has 0 radical (unpaired) electrons. The molecule has 1 amide bonds. The molecule has 1 atom stereocenters. The van der Waals surface area contributed by atoms with Crippen molar-refractivity contribution < 1.29 is 18.0 Å². The molecular weight excluding hydrogens is 284 g/mol. The molecule has 0 bridgehead atoms. The number of thioether (sulfide) groups is 1. The van der Waals surface area contributed by atoms with Gasteiger partial charge in [-0.2, -0.15) is 0 Å². The summed E-state index contributed by atoms with van der Waals surface area (Å²) in [6, 6.07) is 6.37. The van der Waals surface area contributed by atoms with Crippen LogP contribution in [0.4, 0.5) is 8.78 Å². The van der Waals surface area contributed by atoms with Gasteiger partial charge in [0.05, 0.1) is 18.1 Å². The van der Waals surface area contributed by atoms with E-state index in [1.54, 1.807) is 19.1 Å². The Morgan fingerprint density at radius 3 is 2.90 bits per heavy atom. The van der Waals surface area contributed by atoms with Crippen LogP contribution in [-0.2, 0) is 4.79 Å². The maximum absolute atomic E-state index is 13.4. The van der Waals surface area contributed by atoms with E-state index >= 15 is 0 Å². The minimum absolute atomic E-state index is 0.00538. The second-order valence-corrected chi connectivity index (χ2v) is 5.19. The van der Waals surface area contributed by atoms with E-state index in [-0.39, 0.29) is 22.6 Å². The lowest BCUT2D eigenvalue weighted by atomic mass is 10.2. The minimum atomic E-state index is -0.539.